The van der Waals surface area contributed by atoms with E-state index >= 15 is 0 Å². The number of nitrogens with zero attached hydrogens (tertiary/aromatic N) is 1. The topological polar surface area (TPSA) is 117 Å². The number of hydrogen-bond donors (Lipinski definition) is 3. The summed E-state index contributed by atoms with van der Waals surface area (Å²) in [4.78, 5) is 16.5. The first-order valence-corrected chi connectivity index (χ1v) is 13.4. The second-order valence-corrected chi connectivity index (χ2v) is 11.7. The van der Waals surface area contributed by atoms with E-state index in [1.807, 2.05) is 13.8 Å². The summed E-state index contributed by atoms with van der Waals surface area (Å²) in [7, 11) is -3.76. The third-order valence-corrected chi connectivity index (χ3v) is 8.68. The molecule has 0 aromatic rings. The minimum atomic E-state index is -3.00. The fourth-order valence-electron chi connectivity index (χ4n) is 3.74. The summed E-state index contributed by atoms with van der Waals surface area (Å²) in [6, 6.07) is -0.0315. The highest BCUT2D eigenvalue weighted by atomic mass is 32.2. The Hall–Kier alpha value is -1.16. The van der Waals surface area contributed by atoms with Crippen LogP contribution in [0.15, 0.2) is 4.99 Å². The summed E-state index contributed by atoms with van der Waals surface area (Å²) in [5.41, 5.74) is 0. The average molecular weight is 435 g/mol. The molecule has 0 spiro atoms. The molecule has 1 saturated carbocycles. The minimum Gasteiger partial charge on any atom is -0.357 e. The van der Waals surface area contributed by atoms with Crippen molar-refractivity contribution in [3.8, 4) is 0 Å². The molecule has 8 nitrogen and oxygen atoms in total. The van der Waals surface area contributed by atoms with Gasteiger partial charge in [-0.1, -0.05) is 13.3 Å². The van der Waals surface area contributed by atoms with Crippen LogP contribution in [0.1, 0.15) is 52.4 Å². The van der Waals surface area contributed by atoms with Gasteiger partial charge in [0.05, 0.1) is 18.1 Å². The zero-order valence-electron chi connectivity index (χ0n) is 16.9. The summed E-state index contributed by atoms with van der Waals surface area (Å²) in [5.74, 6) is 1.39. The van der Waals surface area contributed by atoms with Crippen LogP contribution in [0.5, 0.6) is 0 Å². The van der Waals surface area contributed by atoms with Gasteiger partial charge in [-0.3, -0.25) is 14.0 Å². The van der Waals surface area contributed by atoms with Gasteiger partial charge in [0.15, 0.2) is 15.8 Å². The highest BCUT2D eigenvalue weighted by Crippen LogP contribution is 2.23. The molecule has 2 rings (SSSR count). The molecule has 28 heavy (non-hydrogen) atoms. The number of guanidine groups is 1. The van der Waals surface area contributed by atoms with E-state index in [4.69, 9.17) is 0 Å². The van der Waals surface area contributed by atoms with E-state index in [2.05, 4.69) is 20.9 Å². The lowest BCUT2D eigenvalue weighted by molar-refractivity contribution is -0.121. The minimum absolute atomic E-state index is 0.0359. The van der Waals surface area contributed by atoms with Crippen LogP contribution in [0, 0.1) is 0 Å². The molecular formula is C18H34N4O4S2. The fraction of sp³-hybridized carbons (Fsp3) is 0.889. The van der Waals surface area contributed by atoms with Gasteiger partial charge in [-0.2, -0.15) is 0 Å². The maximum Gasteiger partial charge on any atom is 0.222 e. The molecule has 0 aromatic heterocycles. The van der Waals surface area contributed by atoms with Gasteiger partial charge in [-0.15, -0.1) is 0 Å². The van der Waals surface area contributed by atoms with Crippen LogP contribution in [0.3, 0.4) is 0 Å². The van der Waals surface area contributed by atoms with Crippen molar-refractivity contribution in [2.45, 2.75) is 69.7 Å². The summed E-state index contributed by atoms with van der Waals surface area (Å²) in [6.45, 7) is 5.00. The molecule has 3 N–H and O–H groups in total. The molecular weight excluding hydrogens is 400 g/mol. The molecule has 4 unspecified atom stereocenters. The molecule has 2 fully saturated rings. The summed E-state index contributed by atoms with van der Waals surface area (Å²) in [5, 5.41) is 9.64. The van der Waals surface area contributed by atoms with Crippen LogP contribution >= 0.6 is 0 Å². The van der Waals surface area contributed by atoms with Crippen molar-refractivity contribution in [3.05, 3.63) is 0 Å². The van der Waals surface area contributed by atoms with Crippen molar-refractivity contribution in [2.24, 2.45) is 4.99 Å². The van der Waals surface area contributed by atoms with E-state index in [1.165, 1.54) is 0 Å². The Morgan fingerprint density at radius 1 is 1.14 bits per heavy atom. The van der Waals surface area contributed by atoms with Gasteiger partial charge in [0.1, 0.15) is 0 Å². The SMILES string of the molecule is CCNC(=NCCC(=O)NC1CCS(=O)(=O)C1)NC1CCCC(S(=O)CC)C1. The number of nitrogens with one attached hydrogen (secondary N) is 3. The van der Waals surface area contributed by atoms with Gasteiger partial charge >= 0.3 is 0 Å². The van der Waals surface area contributed by atoms with Crippen LogP contribution in [-0.4, -0.2) is 72.2 Å². The fourth-order valence-corrected chi connectivity index (χ4v) is 6.76. The third-order valence-electron chi connectivity index (χ3n) is 5.17. The maximum atomic E-state index is 12.1. The Bertz CT molecular complexity index is 681. The lowest BCUT2D eigenvalue weighted by Gasteiger charge is -2.30. The first-order valence-electron chi connectivity index (χ1n) is 10.2. The predicted octanol–water partition coefficient (Wildman–Crippen LogP) is 0.315. The molecule has 1 amide bonds. The van der Waals surface area contributed by atoms with E-state index in [-0.39, 0.29) is 41.2 Å². The van der Waals surface area contributed by atoms with Gasteiger partial charge in [0.25, 0.3) is 0 Å². The molecule has 1 heterocycles. The number of aliphatic imine (C=N–C) groups is 1. The second kappa shape index (κ2) is 11.1. The molecule has 1 aliphatic carbocycles. The standard InChI is InChI=1S/C18H34N4O4S2/c1-3-19-18(22-14-6-5-7-16(12-14)27(24)4-2)20-10-8-17(23)21-15-9-11-28(25,26)13-15/h14-16H,3-13H2,1-2H3,(H,21,23)(H2,19,20,22). The second-order valence-electron chi connectivity index (χ2n) is 7.48. The van der Waals surface area contributed by atoms with Crippen LogP contribution < -0.4 is 16.0 Å². The highest BCUT2D eigenvalue weighted by molar-refractivity contribution is 7.91. The van der Waals surface area contributed by atoms with Crippen molar-refractivity contribution in [3.63, 3.8) is 0 Å². The molecule has 4 atom stereocenters. The number of hydrogen-bond acceptors (Lipinski definition) is 5. The Morgan fingerprint density at radius 3 is 2.57 bits per heavy atom. The van der Waals surface area contributed by atoms with E-state index in [0.29, 0.717) is 24.7 Å². The quantitative estimate of drug-likeness (QED) is 0.374. The molecule has 1 saturated heterocycles. The van der Waals surface area contributed by atoms with Gasteiger partial charge in [0.2, 0.25) is 5.91 Å². The van der Waals surface area contributed by atoms with E-state index < -0.39 is 20.6 Å². The smallest absolute Gasteiger partial charge is 0.222 e. The van der Waals surface area contributed by atoms with Crippen molar-refractivity contribution in [2.75, 3.05) is 30.3 Å². The van der Waals surface area contributed by atoms with E-state index in [1.54, 1.807) is 0 Å². The zero-order chi connectivity index (χ0) is 20.6. The number of amides is 1. The van der Waals surface area contributed by atoms with Gasteiger partial charge in [0, 0.05) is 46.9 Å². The van der Waals surface area contributed by atoms with Crippen LogP contribution in [0.2, 0.25) is 0 Å². The molecule has 10 heteroatoms. The van der Waals surface area contributed by atoms with Gasteiger partial charge < -0.3 is 16.0 Å². The monoisotopic (exact) mass is 434 g/mol. The van der Waals surface area contributed by atoms with Gasteiger partial charge in [-0.05, 0) is 32.6 Å². The maximum absolute atomic E-state index is 12.1. The lowest BCUT2D eigenvalue weighted by atomic mass is 9.95. The van der Waals surface area contributed by atoms with Crippen molar-refractivity contribution < 1.29 is 17.4 Å². The predicted molar refractivity (Wildman–Crippen MR) is 114 cm³/mol. The molecule has 0 aromatic carbocycles. The van der Waals surface area contributed by atoms with E-state index in [9.17, 15) is 17.4 Å². The normalized spacial score (nSPS) is 28.5. The molecule has 0 radical (unpaired) electrons. The Kier molecular flexibility index (Phi) is 9.20. The van der Waals surface area contributed by atoms with Crippen molar-refractivity contribution in [1.29, 1.82) is 0 Å². The number of rotatable bonds is 8. The Labute approximate surface area is 171 Å². The number of sulfone groups is 1. The van der Waals surface area contributed by atoms with Crippen LogP contribution in [0.25, 0.3) is 0 Å². The summed E-state index contributed by atoms with van der Waals surface area (Å²) in [6.07, 6.45) is 4.69. The van der Waals surface area contributed by atoms with Crippen molar-refractivity contribution >= 4 is 32.5 Å². The average Bonchev–Trinajstić information content (AvgIpc) is 2.99. The zero-order valence-corrected chi connectivity index (χ0v) is 18.5. The molecule has 0 bridgehead atoms. The molecule has 2 aliphatic rings. The van der Waals surface area contributed by atoms with Crippen molar-refractivity contribution in [1.82, 2.24) is 16.0 Å². The Balaban J connectivity index is 1.79. The van der Waals surface area contributed by atoms with Crippen LogP contribution in [0.4, 0.5) is 0 Å². The third kappa shape index (κ3) is 7.69. The van der Waals surface area contributed by atoms with Gasteiger partial charge in [-0.25, -0.2) is 8.42 Å². The lowest BCUT2D eigenvalue weighted by Crippen LogP contribution is -2.46. The summed E-state index contributed by atoms with van der Waals surface area (Å²) < 4.78 is 35.0. The number of carbonyl (C=O) groups excluding carboxylic acids is 1. The van der Waals surface area contributed by atoms with E-state index in [0.717, 1.165) is 32.2 Å². The molecule has 1 aliphatic heterocycles. The van der Waals surface area contributed by atoms with Crippen LogP contribution in [-0.2, 0) is 25.4 Å². The largest absolute Gasteiger partial charge is 0.357 e. The highest BCUT2D eigenvalue weighted by Gasteiger charge is 2.29. The first kappa shape index (κ1) is 23.1. The first-order chi connectivity index (χ1) is 13.3. The molecule has 162 valence electrons. The number of carbonyl (C=O) groups is 1. The summed E-state index contributed by atoms with van der Waals surface area (Å²) >= 11 is 0. The Morgan fingerprint density at radius 2 is 1.93 bits per heavy atom.